The predicted octanol–water partition coefficient (Wildman–Crippen LogP) is 3.28. The van der Waals surface area contributed by atoms with E-state index in [1.54, 1.807) is 18.5 Å². The number of alkyl halides is 1. The Morgan fingerprint density at radius 2 is 2.00 bits per heavy atom. The van der Waals surface area contributed by atoms with E-state index >= 15 is 0 Å². The molecule has 1 aromatic carbocycles. The Kier molecular flexibility index (Phi) is 3.85. The molecule has 0 radical (unpaired) electrons. The number of aryl methyl sites for hydroxylation is 2. The number of halogens is 1. The van der Waals surface area contributed by atoms with Crippen LogP contribution in [-0.2, 0) is 18.8 Å². The lowest BCUT2D eigenvalue weighted by atomic mass is 10.2. The number of rotatable bonds is 4. The van der Waals surface area contributed by atoms with Gasteiger partial charge in [-0.15, -0.1) is 11.6 Å². The number of fused-ring (bicyclic) bond motifs is 1. The molecule has 0 saturated carbocycles. The number of imidazole rings is 1. The van der Waals surface area contributed by atoms with Crippen molar-refractivity contribution < 1.29 is 0 Å². The van der Waals surface area contributed by atoms with E-state index in [9.17, 15) is 0 Å². The van der Waals surface area contributed by atoms with E-state index in [0.29, 0.717) is 11.4 Å². The molecule has 5 heteroatoms. The van der Waals surface area contributed by atoms with E-state index in [4.69, 9.17) is 16.9 Å². The minimum Gasteiger partial charge on any atom is -0.327 e. The zero-order valence-corrected chi connectivity index (χ0v) is 12.1. The van der Waals surface area contributed by atoms with Gasteiger partial charge in [0.25, 0.3) is 0 Å². The topological polar surface area (TPSA) is 54.5 Å². The van der Waals surface area contributed by atoms with Gasteiger partial charge in [0.1, 0.15) is 5.82 Å². The second kappa shape index (κ2) is 5.94. The number of aromatic nitrogens is 3. The maximum atomic E-state index is 9.05. The smallest absolute Gasteiger partial charge is 0.124 e. The molecule has 0 aliphatic rings. The molecule has 0 spiro atoms. The van der Waals surface area contributed by atoms with Crippen LogP contribution in [0.15, 0.2) is 42.7 Å². The summed E-state index contributed by atoms with van der Waals surface area (Å²) < 4.78 is 2.09. The van der Waals surface area contributed by atoms with E-state index in [1.165, 1.54) is 5.56 Å². The molecule has 0 saturated heterocycles. The van der Waals surface area contributed by atoms with Crippen molar-refractivity contribution in [3.8, 4) is 6.07 Å². The van der Waals surface area contributed by atoms with Crippen LogP contribution in [0.4, 0.5) is 0 Å². The third-order valence-corrected chi connectivity index (χ3v) is 3.69. The molecule has 0 aliphatic heterocycles. The standard InChI is InChI=1S/C16H13ClN4/c17-10-16-20-14-2-1-13(11-18)9-15(14)21(16)8-5-12-3-6-19-7-4-12/h1-4,6-7,9H,5,8,10H2. The minimum atomic E-state index is 0.354. The van der Waals surface area contributed by atoms with Gasteiger partial charge in [-0.3, -0.25) is 4.98 Å². The zero-order chi connectivity index (χ0) is 14.7. The lowest BCUT2D eigenvalue weighted by molar-refractivity contribution is 0.687. The van der Waals surface area contributed by atoms with Crippen LogP contribution in [0.1, 0.15) is 17.0 Å². The van der Waals surface area contributed by atoms with Gasteiger partial charge >= 0.3 is 0 Å². The summed E-state index contributed by atoms with van der Waals surface area (Å²) in [5.41, 5.74) is 3.68. The van der Waals surface area contributed by atoms with Crippen LogP contribution in [0.3, 0.4) is 0 Å². The highest BCUT2D eigenvalue weighted by Crippen LogP contribution is 2.20. The summed E-state index contributed by atoms with van der Waals surface area (Å²) in [5.74, 6) is 1.18. The molecular weight excluding hydrogens is 284 g/mol. The van der Waals surface area contributed by atoms with Crippen LogP contribution in [0.25, 0.3) is 11.0 Å². The van der Waals surface area contributed by atoms with Crippen LogP contribution in [0.2, 0.25) is 0 Å². The molecule has 0 bridgehead atoms. The molecule has 0 aliphatic carbocycles. The van der Waals surface area contributed by atoms with Crippen molar-refractivity contribution in [2.24, 2.45) is 0 Å². The van der Waals surface area contributed by atoms with Gasteiger partial charge in [0.15, 0.2) is 0 Å². The Balaban J connectivity index is 1.97. The summed E-state index contributed by atoms with van der Waals surface area (Å²) in [6, 6.07) is 11.7. The second-order valence-corrected chi connectivity index (χ2v) is 5.00. The maximum absolute atomic E-state index is 9.05. The zero-order valence-electron chi connectivity index (χ0n) is 11.3. The van der Waals surface area contributed by atoms with Crippen molar-refractivity contribution in [2.75, 3.05) is 0 Å². The summed E-state index contributed by atoms with van der Waals surface area (Å²) in [4.78, 5) is 8.55. The largest absolute Gasteiger partial charge is 0.327 e. The van der Waals surface area contributed by atoms with Gasteiger partial charge in [-0.2, -0.15) is 5.26 Å². The number of nitrogens with zero attached hydrogens (tertiary/aromatic N) is 4. The summed E-state index contributed by atoms with van der Waals surface area (Å²) in [6.07, 6.45) is 4.45. The lowest BCUT2D eigenvalue weighted by Gasteiger charge is -2.08. The molecule has 0 fully saturated rings. The fourth-order valence-electron chi connectivity index (χ4n) is 2.38. The molecule has 0 amide bonds. The van der Waals surface area contributed by atoms with Crippen molar-refractivity contribution in [3.63, 3.8) is 0 Å². The Bertz CT molecular complexity index is 802. The van der Waals surface area contributed by atoms with Gasteiger partial charge in [0.05, 0.1) is 28.5 Å². The summed E-state index contributed by atoms with van der Waals surface area (Å²) in [6.45, 7) is 0.775. The molecule has 104 valence electrons. The summed E-state index contributed by atoms with van der Waals surface area (Å²) in [5, 5.41) is 9.05. The van der Waals surface area contributed by atoms with Crippen LogP contribution >= 0.6 is 11.6 Å². The third-order valence-electron chi connectivity index (χ3n) is 3.45. The van der Waals surface area contributed by atoms with Crippen LogP contribution in [-0.4, -0.2) is 14.5 Å². The molecule has 21 heavy (non-hydrogen) atoms. The summed E-state index contributed by atoms with van der Waals surface area (Å²) >= 11 is 6.00. The van der Waals surface area contributed by atoms with Crippen molar-refractivity contribution in [1.29, 1.82) is 5.26 Å². The van der Waals surface area contributed by atoms with Crippen molar-refractivity contribution >= 4 is 22.6 Å². The number of pyridine rings is 1. The van der Waals surface area contributed by atoms with Gasteiger partial charge in [-0.05, 0) is 42.3 Å². The molecule has 4 nitrogen and oxygen atoms in total. The molecule has 0 unspecified atom stereocenters. The Morgan fingerprint density at radius 3 is 2.71 bits per heavy atom. The lowest BCUT2D eigenvalue weighted by Crippen LogP contribution is -2.05. The van der Waals surface area contributed by atoms with Gasteiger partial charge < -0.3 is 4.57 Å². The Labute approximate surface area is 127 Å². The first-order valence-electron chi connectivity index (χ1n) is 6.66. The number of benzene rings is 1. The van der Waals surface area contributed by atoms with E-state index in [-0.39, 0.29) is 0 Å². The normalized spacial score (nSPS) is 10.7. The Hall–Kier alpha value is -2.38. The average molecular weight is 297 g/mol. The molecule has 3 aromatic rings. The van der Waals surface area contributed by atoms with Gasteiger partial charge in [-0.1, -0.05) is 0 Å². The SMILES string of the molecule is N#Cc1ccc2nc(CCl)n(CCc3ccncc3)c2c1. The summed E-state index contributed by atoms with van der Waals surface area (Å²) in [7, 11) is 0. The van der Waals surface area contributed by atoms with Crippen LogP contribution < -0.4 is 0 Å². The minimum absolute atomic E-state index is 0.354. The van der Waals surface area contributed by atoms with Crippen molar-refractivity contribution in [2.45, 2.75) is 18.8 Å². The molecule has 0 N–H and O–H groups in total. The van der Waals surface area contributed by atoms with E-state index in [1.807, 2.05) is 24.3 Å². The second-order valence-electron chi connectivity index (χ2n) is 4.73. The Morgan fingerprint density at radius 1 is 1.19 bits per heavy atom. The van der Waals surface area contributed by atoms with Gasteiger partial charge in [0, 0.05) is 18.9 Å². The fourth-order valence-corrected chi connectivity index (χ4v) is 2.59. The van der Waals surface area contributed by atoms with Crippen LogP contribution in [0, 0.1) is 11.3 Å². The molecule has 3 rings (SSSR count). The molecule has 2 aromatic heterocycles. The number of hydrogen-bond acceptors (Lipinski definition) is 3. The highest BCUT2D eigenvalue weighted by Gasteiger charge is 2.10. The first kappa shape index (κ1) is 13.6. The maximum Gasteiger partial charge on any atom is 0.124 e. The van der Waals surface area contributed by atoms with E-state index < -0.39 is 0 Å². The molecule has 2 heterocycles. The third kappa shape index (κ3) is 2.74. The van der Waals surface area contributed by atoms with Gasteiger partial charge in [-0.25, -0.2) is 4.98 Å². The number of nitriles is 1. The quantitative estimate of drug-likeness (QED) is 0.694. The van der Waals surface area contributed by atoms with Crippen molar-refractivity contribution in [3.05, 3.63) is 59.7 Å². The highest BCUT2D eigenvalue weighted by atomic mass is 35.5. The fraction of sp³-hybridized carbons (Fsp3) is 0.188. The predicted molar refractivity (Wildman–Crippen MR) is 81.9 cm³/mol. The van der Waals surface area contributed by atoms with Crippen molar-refractivity contribution in [1.82, 2.24) is 14.5 Å². The highest BCUT2D eigenvalue weighted by molar-refractivity contribution is 6.16. The first-order valence-corrected chi connectivity index (χ1v) is 7.19. The first-order chi connectivity index (χ1) is 10.3. The van der Waals surface area contributed by atoms with E-state index in [0.717, 1.165) is 29.8 Å². The molecular formula is C16H13ClN4. The van der Waals surface area contributed by atoms with E-state index in [2.05, 4.69) is 20.6 Å². The number of hydrogen-bond donors (Lipinski definition) is 0. The average Bonchev–Trinajstić information content (AvgIpc) is 2.90. The van der Waals surface area contributed by atoms with Gasteiger partial charge in [0.2, 0.25) is 0 Å². The monoisotopic (exact) mass is 296 g/mol. The molecule has 0 atom stereocenters. The van der Waals surface area contributed by atoms with Crippen LogP contribution in [0.5, 0.6) is 0 Å².